The molecular formula is C20H23NO4. The Morgan fingerprint density at radius 3 is 2.36 bits per heavy atom. The average Bonchev–Trinajstić information content (AvgIpc) is 2.59. The molecule has 3 rings (SSSR count). The molecule has 5 heteroatoms. The molecule has 1 heterocycles. The maximum Gasteiger partial charge on any atom is 0.225 e. The molecule has 1 aliphatic heterocycles. The molecule has 0 bridgehead atoms. The highest BCUT2D eigenvalue weighted by atomic mass is 16.5. The highest BCUT2D eigenvalue weighted by Gasteiger charge is 2.30. The summed E-state index contributed by atoms with van der Waals surface area (Å²) in [6.45, 7) is 3.99. The summed E-state index contributed by atoms with van der Waals surface area (Å²) in [4.78, 5) is 12.2. The monoisotopic (exact) mass is 341 g/mol. The molecule has 0 saturated carbocycles. The van der Waals surface area contributed by atoms with Crippen molar-refractivity contribution in [2.75, 3.05) is 19.5 Å². The van der Waals surface area contributed by atoms with Gasteiger partial charge in [-0.25, -0.2) is 0 Å². The Bertz CT molecular complexity index is 768. The van der Waals surface area contributed by atoms with E-state index in [9.17, 15) is 4.79 Å². The highest BCUT2D eigenvalue weighted by Crippen LogP contribution is 2.45. The van der Waals surface area contributed by atoms with Gasteiger partial charge in [-0.05, 0) is 31.5 Å². The third kappa shape index (κ3) is 3.55. The van der Waals surface area contributed by atoms with E-state index in [1.165, 1.54) is 0 Å². The van der Waals surface area contributed by atoms with Gasteiger partial charge in [-0.3, -0.25) is 4.79 Å². The van der Waals surface area contributed by atoms with E-state index in [2.05, 4.69) is 5.32 Å². The van der Waals surface area contributed by atoms with Crippen molar-refractivity contribution in [2.45, 2.75) is 32.3 Å². The lowest BCUT2D eigenvalue weighted by molar-refractivity contribution is -0.116. The quantitative estimate of drug-likeness (QED) is 0.894. The van der Waals surface area contributed by atoms with E-state index in [4.69, 9.17) is 14.2 Å². The van der Waals surface area contributed by atoms with Crippen LogP contribution in [-0.4, -0.2) is 26.2 Å². The molecule has 1 aliphatic rings. The van der Waals surface area contributed by atoms with Crippen molar-refractivity contribution < 1.29 is 19.0 Å². The maximum atomic E-state index is 12.2. The summed E-state index contributed by atoms with van der Waals surface area (Å²) in [7, 11) is 3.22. The van der Waals surface area contributed by atoms with Gasteiger partial charge >= 0.3 is 0 Å². The van der Waals surface area contributed by atoms with Gasteiger partial charge in [0.15, 0.2) is 0 Å². The molecule has 132 valence electrons. The maximum absolute atomic E-state index is 12.2. The second-order valence-corrected chi connectivity index (χ2v) is 6.33. The summed E-state index contributed by atoms with van der Waals surface area (Å²) in [5.74, 6) is 2.09. The molecule has 25 heavy (non-hydrogen) atoms. The summed E-state index contributed by atoms with van der Waals surface area (Å²) in [5, 5.41) is 2.92. The number of ether oxygens (including phenoxy) is 3. The van der Waals surface area contributed by atoms with E-state index in [1.807, 2.05) is 50.2 Å². The number of rotatable bonds is 5. The van der Waals surface area contributed by atoms with Crippen molar-refractivity contribution in [1.29, 1.82) is 0 Å². The number of carbonyl (C=O) groups excluding carboxylic acids is 1. The fourth-order valence-corrected chi connectivity index (χ4v) is 3.18. The highest BCUT2D eigenvalue weighted by molar-refractivity contribution is 5.96. The molecule has 2 aromatic rings. The smallest absolute Gasteiger partial charge is 0.225 e. The fraction of sp³-hybridized carbons (Fsp3) is 0.350. The van der Waals surface area contributed by atoms with Crippen LogP contribution in [0, 0.1) is 0 Å². The first kappa shape index (κ1) is 17.1. The van der Waals surface area contributed by atoms with Gasteiger partial charge < -0.3 is 19.5 Å². The van der Waals surface area contributed by atoms with Gasteiger partial charge in [0, 0.05) is 30.0 Å². The topological polar surface area (TPSA) is 56.8 Å². The normalized spacial score (nSPS) is 16.2. The van der Waals surface area contributed by atoms with Crippen molar-refractivity contribution >= 4 is 11.6 Å². The number of benzene rings is 2. The van der Waals surface area contributed by atoms with Crippen LogP contribution in [0.1, 0.15) is 37.3 Å². The zero-order valence-electron chi connectivity index (χ0n) is 15.0. The van der Waals surface area contributed by atoms with Crippen molar-refractivity contribution in [1.82, 2.24) is 0 Å². The van der Waals surface area contributed by atoms with Gasteiger partial charge in [-0.15, -0.1) is 0 Å². The van der Waals surface area contributed by atoms with Gasteiger partial charge in [0.1, 0.15) is 17.2 Å². The average molecular weight is 341 g/mol. The minimum atomic E-state index is -0.0716. The Labute approximate surface area is 147 Å². The molecule has 0 fully saturated rings. The van der Waals surface area contributed by atoms with E-state index in [1.54, 1.807) is 14.2 Å². The summed E-state index contributed by atoms with van der Waals surface area (Å²) in [6.07, 6.45) is 0.500. The minimum absolute atomic E-state index is 0.0182. The lowest BCUT2D eigenvalue weighted by atomic mass is 9.84. The third-order valence-electron chi connectivity index (χ3n) is 4.24. The Morgan fingerprint density at radius 1 is 1.04 bits per heavy atom. The van der Waals surface area contributed by atoms with Gasteiger partial charge in [0.05, 0.1) is 26.0 Å². The molecule has 2 aromatic carbocycles. The van der Waals surface area contributed by atoms with Crippen molar-refractivity contribution in [3.05, 3.63) is 47.5 Å². The molecule has 1 amide bonds. The molecule has 1 unspecified atom stereocenters. The third-order valence-corrected chi connectivity index (χ3v) is 4.24. The van der Waals surface area contributed by atoms with Crippen LogP contribution in [-0.2, 0) is 4.79 Å². The standard InChI is InChI=1S/C20H23NO4/c1-12(2)25-14-7-5-13(6-8-14)16-11-19(22)21-17-9-15(23-3)10-18(24-4)20(16)17/h5-10,12,16H,11H2,1-4H3,(H,21,22). The van der Waals surface area contributed by atoms with Gasteiger partial charge in [0.25, 0.3) is 0 Å². The first-order chi connectivity index (χ1) is 12.0. The zero-order valence-corrected chi connectivity index (χ0v) is 15.0. The molecule has 5 nitrogen and oxygen atoms in total. The molecule has 0 radical (unpaired) electrons. The fourth-order valence-electron chi connectivity index (χ4n) is 3.18. The number of amides is 1. The molecule has 1 N–H and O–H groups in total. The molecule has 0 aromatic heterocycles. The van der Waals surface area contributed by atoms with Gasteiger partial charge in [-0.1, -0.05) is 12.1 Å². The number of hydrogen-bond donors (Lipinski definition) is 1. The van der Waals surface area contributed by atoms with E-state index >= 15 is 0 Å². The molecular weight excluding hydrogens is 318 g/mol. The van der Waals surface area contributed by atoms with Crippen LogP contribution in [0.25, 0.3) is 0 Å². The molecule has 0 spiro atoms. The predicted molar refractivity (Wildman–Crippen MR) is 96.8 cm³/mol. The second kappa shape index (κ2) is 7.05. The summed E-state index contributed by atoms with van der Waals surface area (Å²) in [5.41, 5.74) is 2.76. The summed E-state index contributed by atoms with van der Waals surface area (Å²) < 4.78 is 16.6. The molecule has 1 atom stereocenters. The Balaban J connectivity index is 2.02. The summed E-state index contributed by atoms with van der Waals surface area (Å²) >= 11 is 0. The lowest BCUT2D eigenvalue weighted by Crippen LogP contribution is -2.24. The number of methoxy groups -OCH3 is 2. The van der Waals surface area contributed by atoms with Gasteiger partial charge in [-0.2, -0.15) is 0 Å². The van der Waals surface area contributed by atoms with Crippen molar-refractivity contribution in [3.63, 3.8) is 0 Å². The van der Waals surface area contributed by atoms with Crippen molar-refractivity contribution in [3.8, 4) is 17.2 Å². The number of anilines is 1. The van der Waals surface area contributed by atoms with Crippen LogP contribution in [0.15, 0.2) is 36.4 Å². The lowest BCUT2D eigenvalue weighted by Gasteiger charge is -2.28. The predicted octanol–water partition coefficient (Wildman–Crippen LogP) is 3.97. The first-order valence-electron chi connectivity index (χ1n) is 8.34. The van der Waals surface area contributed by atoms with E-state index in [0.717, 1.165) is 22.6 Å². The number of nitrogens with one attached hydrogen (secondary N) is 1. The Morgan fingerprint density at radius 2 is 1.76 bits per heavy atom. The molecule has 0 saturated heterocycles. The van der Waals surface area contributed by atoms with Crippen LogP contribution >= 0.6 is 0 Å². The second-order valence-electron chi connectivity index (χ2n) is 6.33. The number of hydrogen-bond acceptors (Lipinski definition) is 4. The minimum Gasteiger partial charge on any atom is -0.497 e. The number of fused-ring (bicyclic) bond motifs is 1. The Kier molecular flexibility index (Phi) is 4.83. The number of carbonyl (C=O) groups is 1. The van der Waals surface area contributed by atoms with Crippen LogP contribution in [0.4, 0.5) is 5.69 Å². The van der Waals surface area contributed by atoms with Crippen LogP contribution in [0.2, 0.25) is 0 Å². The molecule has 0 aliphatic carbocycles. The zero-order chi connectivity index (χ0) is 18.0. The SMILES string of the molecule is COc1cc2c(c(OC)c1)C(c1ccc(OC(C)C)cc1)CC(=O)N2. The van der Waals surface area contributed by atoms with Crippen LogP contribution in [0.3, 0.4) is 0 Å². The van der Waals surface area contributed by atoms with E-state index in [0.29, 0.717) is 17.9 Å². The largest absolute Gasteiger partial charge is 0.497 e. The summed E-state index contributed by atoms with van der Waals surface area (Å²) in [6, 6.07) is 11.6. The van der Waals surface area contributed by atoms with E-state index in [-0.39, 0.29) is 17.9 Å². The Hall–Kier alpha value is -2.69. The van der Waals surface area contributed by atoms with Crippen LogP contribution < -0.4 is 19.5 Å². The van der Waals surface area contributed by atoms with Crippen LogP contribution in [0.5, 0.6) is 17.2 Å². The first-order valence-corrected chi connectivity index (χ1v) is 8.34. The van der Waals surface area contributed by atoms with Crippen molar-refractivity contribution in [2.24, 2.45) is 0 Å². The van der Waals surface area contributed by atoms with Gasteiger partial charge in [0.2, 0.25) is 5.91 Å². The van der Waals surface area contributed by atoms with E-state index < -0.39 is 0 Å².